The van der Waals surface area contributed by atoms with Gasteiger partial charge in [0.1, 0.15) is 11.5 Å². The molecule has 0 aliphatic carbocycles. The number of benzene rings is 1. The average Bonchev–Trinajstić information content (AvgIpc) is 2.25. The van der Waals surface area contributed by atoms with Crippen LogP contribution in [0.15, 0.2) is 18.2 Å². The zero-order chi connectivity index (χ0) is 13.3. The molecule has 1 aromatic rings. The number of likely N-dealkylation sites (tertiary alicyclic amines) is 1. The second-order valence-electron chi connectivity index (χ2n) is 4.84. The summed E-state index contributed by atoms with van der Waals surface area (Å²) in [6.07, 6.45) is 1.53. The van der Waals surface area contributed by atoms with Gasteiger partial charge in [-0.05, 0) is 18.6 Å². The van der Waals surface area contributed by atoms with Gasteiger partial charge in [0.25, 0.3) is 5.91 Å². The van der Waals surface area contributed by atoms with Gasteiger partial charge in [0, 0.05) is 6.07 Å². The van der Waals surface area contributed by atoms with Crippen LogP contribution in [0.25, 0.3) is 0 Å². The summed E-state index contributed by atoms with van der Waals surface area (Å²) in [5.74, 6) is -0.658. The molecule has 0 radical (unpaired) electrons. The highest BCUT2D eigenvalue weighted by Gasteiger charge is 2.43. The lowest BCUT2D eigenvalue weighted by molar-refractivity contribution is -0.0860. The minimum atomic E-state index is -0.781. The Bertz CT molecular complexity index is 466. The Morgan fingerprint density at radius 1 is 1.39 bits per heavy atom. The van der Waals surface area contributed by atoms with E-state index >= 15 is 0 Å². The highest BCUT2D eigenvalue weighted by molar-refractivity contribution is 5.97. The summed E-state index contributed by atoms with van der Waals surface area (Å²) in [7, 11) is 0. The van der Waals surface area contributed by atoms with Gasteiger partial charge in [-0.1, -0.05) is 13.3 Å². The minimum absolute atomic E-state index is 0.0878. The molecule has 0 bridgehead atoms. The molecular formula is C13H17NO4. The molecule has 1 aliphatic heterocycles. The number of nitrogens with zero attached hydrogens (tertiary/aromatic N) is 1. The van der Waals surface area contributed by atoms with Crippen LogP contribution in [-0.2, 0) is 0 Å². The molecule has 5 heteroatoms. The van der Waals surface area contributed by atoms with Gasteiger partial charge in [-0.25, -0.2) is 0 Å². The van der Waals surface area contributed by atoms with Crippen molar-refractivity contribution in [3.05, 3.63) is 23.8 Å². The fraction of sp³-hybridized carbons (Fsp3) is 0.462. The summed E-state index contributed by atoms with van der Waals surface area (Å²) < 4.78 is 0. The molecular weight excluding hydrogens is 234 g/mol. The zero-order valence-corrected chi connectivity index (χ0v) is 10.3. The molecule has 0 atom stereocenters. The average molecular weight is 251 g/mol. The van der Waals surface area contributed by atoms with Gasteiger partial charge in [-0.2, -0.15) is 0 Å². The first-order valence-corrected chi connectivity index (χ1v) is 5.99. The summed E-state index contributed by atoms with van der Waals surface area (Å²) in [6.45, 7) is 2.56. The first-order valence-electron chi connectivity index (χ1n) is 5.99. The summed E-state index contributed by atoms with van der Waals surface area (Å²) in [4.78, 5) is 13.5. The third-order valence-corrected chi connectivity index (χ3v) is 3.18. The van der Waals surface area contributed by atoms with Gasteiger partial charge in [0.15, 0.2) is 0 Å². The molecule has 1 saturated heterocycles. The van der Waals surface area contributed by atoms with Crippen molar-refractivity contribution in [2.75, 3.05) is 13.1 Å². The topological polar surface area (TPSA) is 81.0 Å². The maximum Gasteiger partial charge on any atom is 0.257 e. The number of hydrogen-bond acceptors (Lipinski definition) is 4. The molecule has 0 unspecified atom stereocenters. The third kappa shape index (κ3) is 2.26. The molecule has 0 saturated carbocycles. The van der Waals surface area contributed by atoms with E-state index < -0.39 is 5.60 Å². The smallest absolute Gasteiger partial charge is 0.257 e. The normalized spacial score (nSPS) is 17.3. The number of carbonyl (C=O) groups is 1. The summed E-state index contributed by atoms with van der Waals surface area (Å²) in [6, 6.07) is 3.86. The zero-order valence-electron chi connectivity index (χ0n) is 10.3. The van der Waals surface area contributed by atoms with E-state index in [-0.39, 0.29) is 23.0 Å². The Kier molecular flexibility index (Phi) is 3.17. The predicted octanol–water partition coefficient (Wildman–Crippen LogP) is 1.08. The van der Waals surface area contributed by atoms with Crippen LogP contribution in [0.1, 0.15) is 30.1 Å². The number of phenolic OH excluding ortho intramolecular Hbond substituents is 2. The summed E-state index contributed by atoms with van der Waals surface area (Å²) in [5.41, 5.74) is -0.636. The highest BCUT2D eigenvalue weighted by atomic mass is 16.3. The van der Waals surface area contributed by atoms with E-state index in [2.05, 4.69) is 0 Å². The molecule has 0 spiro atoms. The molecule has 1 fully saturated rings. The van der Waals surface area contributed by atoms with Gasteiger partial charge in [0.2, 0.25) is 0 Å². The second kappa shape index (κ2) is 4.49. The number of amides is 1. The lowest BCUT2D eigenvalue weighted by Gasteiger charge is -2.46. The van der Waals surface area contributed by atoms with Crippen LogP contribution < -0.4 is 0 Å². The van der Waals surface area contributed by atoms with Crippen molar-refractivity contribution in [1.29, 1.82) is 0 Å². The van der Waals surface area contributed by atoms with E-state index in [0.717, 1.165) is 12.5 Å². The first kappa shape index (κ1) is 12.7. The van der Waals surface area contributed by atoms with Crippen molar-refractivity contribution in [3.63, 3.8) is 0 Å². The Morgan fingerprint density at radius 2 is 2.06 bits per heavy atom. The summed E-state index contributed by atoms with van der Waals surface area (Å²) in [5, 5.41) is 28.7. The molecule has 5 nitrogen and oxygen atoms in total. The molecule has 3 N–H and O–H groups in total. The number of rotatable bonds is 3. The molecule has 1 aromatic carbocycles. The molecule has 2 rings (SSSR count). The number of aliphatic hydroxyl groups is 1. The minimum Gasteiger partial charge on any atom is -0.508 e. The van der Waals surface area contributed by atoms with Crippen LogP contribution in [0, 0.1) is 0 Å². The number of phenols is 2. The van der Waals surface area contributed by atoms with E-state index in [9.17, 15) is 15.0 Å². The number of aromatic hydroxyl groups is 2. The van der Waals surface area contributed by atoms with Crippen molar-refractivity contribution in [1.82, 2.24) is 4.90 Å². The Hall–Kier alpha value is -1.75. The maximum atomic E-state index is 12.0. The Balaban J connectivity index is 2.06. The predicted molar refractivity (Wildman–Crippen MR) is 65.5 cm³/mol. The SMILES string of the molecule is CCCC1(O)CN(C(=O)c2ccc(O)cc2O)C1. The highest BCUT2D eigenvalue weighted by Crippen LogP contribution is 2.30. The van der Waals surface area contributed by atoms with Crippen LogP contribution in [0.4, 0.5) is 0 Å². The van der Waals surface area contributed by atoms with Gasteiger partial charge in [-0.15, -0.1) is 0 Å². The van der Waals surface area contributed by atoms with Gasteiger partial charge in [0.05, 0.1) is 24.3 Å². The van der Waals surface area contributed by atoms with Gasteiger partial charge in [-0.3, -0.25) is 4.79 Å². The van der Waals surface area contributed by atoms with Crippen molar-refractivity contribution < 1.29 is 20.1 Å². The van der Waals surface area contributed by atoms with Crippen molar-refractivity contribution in [2.24, 2.45) is 0 Å². The fourth-order valence-electron chi connectivity index (χ4n) is 2.30. The van der Waals surface area contributed by atoms with Crippen LogP contribution in [0.5, 0.6) is 11.5 Å². The fourth-order valence-corrected chi connectivity index (χ4v) is 2.30. The quantitative estimate of drug-likeness (QED) is 0.751. The first-order chi connectivity index (χ1) is 8.45. The molecule has 0 aromatic heterocycles. The number of hydrogen-bond donors (Lipinski definition) is 3. The van der Waals surface area contributed by atoms with E-state index in [1.54, 1.807) is 0 Å². The molecule has 1 heterocycles. The monoisotopic (exact) mass is 251 g/mol. The van der Waals surface area contributed by atoms with E-state index in [1.165, 1.54) is 17.0 Å². The molecule has 1 amide bonds. The van der Waals surface area contributed by atoms with Gasteiger partial charge < -0.3 is 20.2 Å². The van der Waals surface area contributed by atoms with Crippen LogP contribution in [0.2, 0.25) is 0 Å². The van der Waals surface area contributed by atoms with Crippen LogP contribution in [-0.4, -0.2) is 44.8 Å². The molecule has 98 valence electrons. The number of β-amino-alcohol motifs (C(OH)–C–C–N with tert-alkyl or cyclic N) is 1. The van der Waals surface area contributed by atoms with E-state index in [1.807, 2.05) is 6.92 Å². The third-order valence-electron chi connectivity index (χ3n) is 3.18. The van der Waals surface area contributed by atoms with Crippen molar-refractivity contribution >= 4 is 5.91 Å². The second-order valence-corrected chi connectivity index (χ2v) is 4.84. The van der Waals surface area contributed by atoms with E-state index in [4.69, 9.17) is 5.11 Å². The lowest BCUT2D eigenvalue weighted by atomic mass is 9.88. The molecule has 1 aliphatic rings. The standard InChI is InChI=1S/C13H17NO4/c1-2-5-13(18)7-14(8-13)12(17)10-4-3-9(15)6-11(10)16/h3-4,6,15-16,18H,2,5,7-8H2,1H3. The Morgan fingerprint density at radius 3 is 2.61 bits per heavy atom. The largest absolute Gasteiger partial charge is 0.508 e. The van der Waals surface area contributed by atoms with Crippen molar-refractivity contribution in [3.8, 4) is 11.5 Å². The Labute approximate surface area is 105 Å². The van der Waals surface area contributed by atoms with Crippen LogP contribution >= 0.6 is 0 Å². The summed E-state index contributed by atoms with van der Waals surface area (Å²) >= 11 is 0. The molecule has 18 heavy (non-hydrogen) atoms. The van der Waals surface area contributed by atoms with Crippen LogP contribution in [0.3, 0.4) is 0 Å². The maximum absolute atomic E-state index is 12.0. The lowest BCUT2D eigenvalue weighted by Crippen LogP contribution is -2.63. The van der Waals surface area contributed by atoms with E-state index in [0.29, 0.717) is 19.5 Å². The van der Waals surface area contributed by atoms with Crippen molar-refractivity contribution in [2.45, 2.75) is 25.4 Å². The van der Waals surface area contributed by atoms with Gasteiger partial charge >= 0.3 is 0 Å². The number of carbonyl (C=O) groups excluding carboxylic acids is 1.